The molecule has 1 aromatic carbocycles. The molecule has 0 bridgehead atoms. The van der Waals surface area contributed by atoms with Crippen molar-refractivity contribution in [3.8, 4) is 0 Å². The van der Waals surface area contributed by atoms with Crippen LogP contribution in [0.25, 0.3) is 0 Å². The highest BCUT2D eigenvalue weighted by molar-refractivity contribution is 7.89. The van der Waals surface area contributed by atoms with E-state index in [-0.39, 0.29) is 0 Å². The standard InChI is InChI=1S/C19H26N4O2S/c1-21-10-5-6-15-8-9-17(12-18(15)21)26(24,25)22(2)13-16-14-23-11-4-3-7-19(23)20-16/h8-9,12,14H,3-7,10-11,13H2,1-2H3. The van der Waals surface area contributed by atoms with E-state index in [1.165, 1.54) is 16.3 Å². The molecule has 2 aliphatic heterocycles. The molecular weight excluding hydrogens is 348 g/mol. The summed E-state index contributed by atoms with van der Waals surface area (Å²) < 4.78 is 29.7. The van der Waals surface area contributed by atoms with Gasteiger partial charge in [-0.05, 0) is 43.4 Å². The van der Waals surface area contributed by atoms with Crippen molar-refractivity contribution in [2.75, 3.05) is 25.5 Å². The van der Waals surface area contributed by atoms with E-state index in [4.69, 9.17) is 0 Å². The van der Waals surface area contributed by atoms with Crippen molar-refractivity contribution in [1.82, 2.24) is 13.9 Å². The van der Waals surface area contributed by atoms with Gasteiger partial charge in [-0.2, -0.15) is 4.31 Å². The van der Waals surface area contributed by atoms with Gasteiger partial charge < -0.3 is 9.47 Å². The lowest BCUT2D eigenvalue weighted by Crippen LogP contribution is -2.28. The predicted molar refractivity (Wildman–Crippen MR) is 102 cm³/mol. The first-order valence-electron chi connectivity index (χ1n) is 9.30. The Morgan fingerprint density at radius 1 is 1.15 bits per heavy atom. The minimum atomic E-state index is -3.54. The number of hydrogen-bond acceptors (Lipinski definition) is 4. The van der Waals surface area contributed by atoms with Gasteiger partial charge in [-0.25, -0.2) is 13.4 Å². The zero-order valence-corrected chi connectivity index (χ0v) is 16.3. The van der Waals surface area contributed by atoms with Gasteiger partial charge in [0.05, 0.1) is 17.1 Å². The van der Waals surface area contributed by atoms with Gasteiger partial charge in [0.15, 0.2) is 0 Å². The van der Waals surface area contributed by atoms with Crippen molar-refractivity contribution in [2.45, 2.75) is 50.1 Å². The highest BCUT2D eigenvalue weighted by Crippen LogP contribution is 2.30. The fourth-order valence-corrected chi connectivity index (χ4v) is 5.10. The summed E-state index contributed by atoms with van der Waals surface area (Å²) in [6, 6.07) is 5.52. The number of fused-ring (bicyclic) bond motifs is 2. The van der Waals surface area contributed by atoms with Gasteiger partial charge in [0, 0.05) is 45.5 Å². The Bertz CT molecular complexity index is 896. The number of aryl methyl sites for hydroxylation is 3. The Labute approximate surface area is 155 Å². The van der Waals surface area contributed by atoms with E-state index in [0.29, 0.717) is 11.4 Å². The SMILES string of the molecule is CN1CCCc2ccc(S(=O)(=O)N(C)Cc3cn4c(n3)CCCC4)cc21. The zero-order valence-electron chi connectivity index (χ0n) is 15.5. The van der Waals surface area contributed by atoms with Crippen LogP contribution in [0, 0.1) is 0 Å². The van der Waals surface area contributed by atoms with Crippen LogP contribution in [0.3, 0.4) is 0 Å². The van der Waals surface area contributed by atoms with E-state index in [2.05, 4.69) is 14.5 Å². The topological polar surface area (TPSA) is 58.4 Å². The van der Waals surface area contributed by atoms with E-state index in [0.717, 1.165) is 56.0 Å². The molecule has 6 nitrogen and oxygen atoms in total. The predicted octanol–water partition coefficient (Wildman–Crippen LogP) is 2.42. The summed E-state index contributed by atoms with van der Waals surface area (Å²) in [5.74, 6) is 1.08. The van der Waals surface area contributed by atoms with Crippen molar-refractivity contribution in [1.29, 1.82) is 0 Å². The second-order valence-corrected chi connectivity index (χ2v) is 9.42. The molecule has 0 unspecified atom stereocenters. The summed E-state index contributed by atoms with van der Waals surface area (Å²) in [5.41, 5.74) is 3.08. The molecule has 26 heavy (non-hydrogen) atoms. The van der Waals surface area contributed by atoms with Crippen LogP contribution in [-0.4, -0.2) is 42.9 Å². The summed E-state index contributed by atoms with van der Waals surface area (Å²) in [6.45, 7) is 2.25. The molecule has 2 aromatic rings. The molecule has 140 valence electrons. The van der Waals surface area contributed by atoms with Crippen LogP contribution in [0.4, 0.5) is 5.69 Å². The molecular formula is C19H26N4O2S. The number of benzene rings is 1. The van der Waals surface area contributed by atoms with Gasteiger partial charge in [-0.1, -0.05) is 6.07 Å². The molecule has 1 aromatic heterocycles. The van der Waals surface area contributed by atoms with E-state index in [1.807, 2.05) is 25.4 Å². The Kier molecular flexibility index (Phi) is 4.52. The van der Waals surface area contributed by atoms with E-state index < -0.39 is 10.0 Å². The molecule has 3 heterocycles. The van der Waals surface area contributed by atoms with E-state index >= 15 is 0 Å². The maximum absolute atomic E-state index is 13.0. The summed E-state index contributed by atoms with van der Waals surface area (Å²) in [5, 5.41) is 0. The summed E-state index contributed by atoms with van der Waals surface area (Å²) in [7, 11) is 0.119. The number of aromatic nitrogens is 2. The summed E-state index contributed by atoms with van der Waals surface area (Å²) >= 11 is 0. The van der Waals surface area contributed by atoms with Crippen molar-refractivity contribution < 1.29 is 8.42 Å². The lowest BCUT2D eigenvalue weighted by atomic mass is 10.0. The molecule has 0 aliphatic carbocycles. The Morgan fingerprint density at radius 3 is 2.81 bits per heavy atom. The van der Waals surface area contributed by atoms with E-state index in [9.17, 15) is 8.42 Å². The second-order valence-electron chi connectivity index (χ2n) is 7.38. The average Bonchev–Trinajstić information content (AvgIpc) is 3.04. The molecule has 7 heteroatoms. The summed E-state index contributed by atoms with van der Waals surface area (Å²) in [6.07, 6.45) is 7.43. The molecule has 0 atom stereocenters. The number of anilines is 1. The first-order valence-corrected chi connectivity index (χ1v) is 10.7. The monoisotopic (exact) mass is 374 g/mol. The third-order valence-corrected chi connectivity index (χ3v) is 7.26. The average molecular weight is 375 g/mol. The molecule has 2 aliphatic rings. The molecule has 0 saturated carbocycles. The number of rotatable bonds is 4. The van der Waals surface area contributed by atoms with Crippen molar-refractivity contribution in [3.63, 3.8) is 0 Å². The van der Waals surface area contributed by atoms with Crippen LogP contribution < -0.4 is 4.90 Å². The van der Waals surface area contributed by atoms with Gasteiger partial charge in [-0.3, -0.25) is 0 Å². The number of sulfonamides is 1. The molecule has 0 amide bonds. The normalized spacial score (nSPS) is 17.3. The fraction of sp³-hybridized carbons (Fsp3) is 0.526. The van der Waals surface area contributed by atoms with Crippen molar-refractivity contribution >= 4 is 15.7 Å². The van der Waals surface area contributed by atoms with Crippen LogP contribution in [-0.2, 0) is 36.0 Å². The fourth-order valence-electron chi connectivity index (χ4n) is 3.94. The quantitative estimate of drug-likeness (QED) is 0.825. The van der Waals surface area contributed by atoms with Crippen molar-refractivity contribution in [3.05, 3.63) is 41.5 Å². The van der Waals surface area contributed by atoms with Gasteiger partial charge in [0.2, 0.25) is 10.0 Å². The third kappa shape index (κ3) is 3.14. The molecule has 0 N–H and O–H groups in total. The molecule has 0 spiro atoms. The van der Waals surface area contributed by atoms with Crippen LogP contribution in [0.15, 0.2) is 29.3 Å². The molecule has 0 saturated heterocycles. The largest absolute Gasteiger partial charge is 0.374 e. The van der Waals surface area contributed by atoms with Crippen LogP contribution in [0.2, 0.25) is 0 Å². The first-order chi connectivity index (χ1) is 12.4. The minimum Gasteiger partial charge on any atom is -0.374 e. The van der Waals surface area contributed by atoms with Crippen molar-refractivity contribution in [2.24, 2.45) is 0 Å². The highest BCUT2D eigenvalue weighted by Gasteiger charge is 2.25. The molecule has 4 rings (SSSR count). The second kappa shape index (κ2) is 6.70. The number of hydrogen-bond donors (Lipinski definition) is 0. The highest BCUT2D eigenvalue weighted by atomic mass is 32.2. The van der Waals surface area contributed by atoms with Crippen LogP contribution >= 0.6 is 0 Å². The summed E-state index contributed by atoms with van der Waals surface area (Å²) in [4.78, 5) is 7.13. The lowest BCUT2D eigenvalue weighted by Gasteiger charge is -2.28. The third-order valence-electron chi connectivity index (χ3n) is 5.46. The maximum Gasteiger partial charge on any atom is 0.243 e. The van der Waals surface area contributed by atoms with Gasteiger partial charge in [-0.15, -0.1) is 0 Å². The Morgan fingerprint density at radius 2 is 2.00 bits per heavy atom. The van der Waals surface area contributed by atoms with Crippen LogP contribution in [0.1, 0.15) is 36.3 Å². The minimum absolute atomic E-state index is 0.301. The van der Waals surface area contributed by atoms with Crippen LogP contribution in [0.5, 0.6) is 0 Å². The lowest BCUT2D eigenvalue weighted by molar-refractivity contribution is 0.462. The van der Waals surface area contributed by atoms with Gasteiger partial charge in [0.25, 0.3) is 0 Å². The number of nitrogens with zero attached hydrogens (tertiary/aromatic N) is 4. The first kappa shape index (κ1) is 17.5. The Hall–Kier alpha value is -1.86. The smallest absolute Gasteiger partial charge is 0.243 e. The number of imidazole rings is 1. The molecule has 0 fully saturated rings. The maximum atomic E-state index is 13.0. The van der Waals surface area contributed by atoms with E-state index in [1.54, 1.807) is 13.1 Å². The van der Waals surface area contributed by atoms with Gasteiger partial charge >= 0.3 is 0 Å². The Balaban J connectivity index is 1.58. The van der Waals surface area contributed by atoms with Gasteiger partial charge in [0.1, 0.15) is 5.82 Å². The molecule has 0 radical (unpaired) electrons. The zero-order chi connectivity index (χ0) is 18.3.